The number of carbonyl (C=O) groups is 1. The zero-order chi connectivity index (χ0) is 17.8. The molecular formula is C19H23N3O3. The van der Waals surface area contributed by atoms with Gasteiger partial charge in [-0.1, -0.05) is 31.0 Å². The lowest BCUT2D eigenvalue weighted by Crippen LogP contribution is -2.38. The first-order valence-electron chi connectivity index (χ1n) is 8.69. The normalized spacial score (nSPS) is 15.9. The number of aryl methyl sites for hydroxylation is 1. The largest absolute Gasteiger partial charge is 0.391 e. The number of rotatable bonds is 5. The lowest BCUT2D eigenvalue weighted by atomic mass is 10.0. The standard InChI is InChI=1S/C19H23N3O3/c1-13-11-16(23)18(21-22(13)15-9-3-2-4-10-15)19(25)20-12-17(24)14-7-5-6-8-14/h2-4,9-11,14,17,24H,5-8,12H2,1H3,(H,20,25). The zero-order valence-corrected chi connectivity index (χ0v) is 14.3. The number of nitrogens with one attached hydrogen (secondary N) is 1. The van der Waals surface area contributed by atoms with Crippen LogP contribution in [-0.4, -0.2) is 33.4 Å². The molecule has 1 fully saturated rings. The zero-order valence-electron chi connectivity index (χ0n) is 14.3. The molecule has 0 spiro atoms. The van der Waals surface area contributed by atoms with E-state index >= 15 is 0 Å². The van der Waals surface area contributed by atoms with Gasteiger partial charge in [-0.3, -0.25) is 9.59 Å². The Kier molecular flexibility index (Phi) is 5.28. The molecule has 1 aliphatic carbocycles. The van der Waals surface area contributed by atoms with Crippen molar-refractivity contribution in [3.8, 4) is 5.69 Å². The van der Waals surface area contributed by atoms with Crippen LogP contribution in [0.15, 0.2) is 41.2 Å². The van der Waals surface area contributed by atoms with E-state index in [1.165, 1.54) is 6.07 Å². The summed E-state index contributed by atoms with van der Waals surface area (Å²) in [5.41, 5.74) is 0.851. The third-order valence-electron chi connectivity index (χ3n) is 4.74. The highest BCUT2D eigenvalue weighted by Crippen LogP contribution is 2.27. The van der Waals surface area contributed by atoms with Gasteiger partial charge in [-0.15, -0.1) is 0 Å². The molecule has 0 saturated heterocycles. The summed E-state index contributed by atoms with van der Waals surface area (Å²) in [5, 5.41) is 17.1. The molecule has 0 aliphatic heterocycles. The fourth-order valence-corrected chi connectivity index (χ4v) is 3.33. The van der Waals surface area contributed by atoms with Crippen molar-refractivity contribution < 1.29 is 9.90 Å². The number of aromatic nitrogens is 2. The van der Waals surface area contributed by atoms with E-state index in [1.807, 2.05) is 30.3 Å². The maximum absolute atomic E-state index is 12.4. The van der Waals surface area contributed by atoms with E-state index in [-0.39, 0.29) is 18.2 Å². The molecule has 0 bridgehead atoms. The Morgan fingerprint density at radius 2 is 2.00 bits per heavy atom. The average molecular weight is 341 g/mol. The quantitative estimate of drug-likeness (QED) is 0.869. The van der Waals surface area contributed by atoms with Crippen molar-refractivity contribution in [2.24, 2.45) is 5.92 Å². The molecule has 1 aromatic heterocycles. The van der Waals surface area contributed by atoms with Crippen molar-refractivity contribution in [3.63, 3.8) is 0 Å². The predicted octanol–water partition coefficient (Wildman–Crippen LogP) is 1.82. The molecule has 1 aromatic carbocycles. The summed E-state index contributed by atoms with van der Waals surface area (Å²) in [7, 11) is 0. The molecular weight excluding hydrogens is 318 g/mol. The van der Waals surface area contributed by atoms with Crippen molar-refractivity contribution >= 4 is 5.91 Å². The first kappa shape index (κ1) is 17.4. The Balaban J connectivity index is 1.77. The number of nitrogens with zero attached hydrogens (tertiary/aromatic N) is 2. The highest BCUT2D eigenvalue weighted by Gasteiger charge is 2.24. The van der Waals surface area contributed by atoms with Gasteiger partial charge in [0.15, 0.2) is 5.69 Å². The first-order valence-corrected chi connectivity index (χ1v) is 8.69. The molecule has 0 radical (unpaired) electrons. The van der Waals surface area contributed by atoms with Gasteiger partial charge >= 0.3 is 0 Å². The van der Waals surface area contributed by atoms with Gasteiger partial charge in [0, 0.05) is 18.3 Å². The van der Waals surface area contributed by atoms with Gasteiger partial charge in [-0.05, 0) is 37.8 Å². The predicted molar refractivity (Wildman–Crippen MR) is 94.9 cm³/mol. The lowest BCUT2D eigenvalue weighted by Gasteiger charge is -2.18. The highest BCUT2D eigenvalue weighted by molar-refractivity contribution is 5.92. The second kappa shape index (κ2) is 7.61. The van der Waals surface area contributed by atoms with Gasteiger partial charge in [0.05, 0.1) is 11.8 Å². The van der Waals surface area contributed by atoms with E-state index in [1.54, 1.807) is 11.6 Å². The monoisotopic (exact) mass is 341 g/mol. The number of aliphatic hydroxyl groups excluding tert-OH is 1. The van der Waals surface area contributed by atoms with Crippen LogP contribution in [0.3, 0.4) is 0 Å². The van der Waals surface area contributed by atoms with Crippen LogP contribution in [0.4, 0.5) is 0 Å². The van der Waals surface area contributed by atoms with E-state index in [2.05, 4.69) is 10.4 Å². The van der Waals surface area contributed by atoms with E-state index in [0.717, 1.165) is 31.4 Å². The van der Waals surface area contributed by atoms with Crippen molar-refractivity contribution in [2.75, 3.05) is 6.54 Å². The number of benzene rings is 1. The number of para-hydroxylation sites is 1. The average Bonchev–Trinajstić information content (AvgIpc) is 3.15. The topological polar surface area (TPSA) is 84.2 Å². The molecule has 1 heterocycles. The Bertz CT molecular complexity index is 795. The van der Waals surface area contributed by atoms with Gasteiger partial charge in [0.25, 0.3) is 5.91 Å². The molecule has 2 aromatic rings. The van der Waals surface area contributed by atoms with Crippen LogP contribution >= 0.6 is 0 Å². The fraction of sp³-hybridized carbons (Fsp3) is 0.421. The van der Waals surface area contributed by atoms with Gasteiger partial charge in [0.2, 0.25) is 5.43 Å². The number of hydrogen-bond acceptors (Lipinski definition) is 4. The van der Waals surface area contributed by atoms with Crippen LogP contribution in [0.25, 0.3) is 5.69 Å². The van der Waals surface area contributed by atoms with E-state index in [9.17, 15) is 14.7 Å². The maximum atomic E-state index is 12.4. The minimum atomic E-state index is -0.576. The van der Waals surface area contributed by atoms with Crippen molar-refractivity contribution in [1.82, 2.24) is 15.1 Å². The molecule has 132 valence electrons. The van der Waals surface area contributed by atoms with Crippen LogP contribution in [0.2, 0.25) is 0 Å². The summed E-state index contributed by atoms with van der Waals surface area (Å²) >= 11 is 0. The Morgan fingerprint density at radius 3 is 2.68 bits per heavy atom. The van der Waals surface area contributed by atoms with Crippen LogP contribution < -0.4 is 10.7 Å². The summed E-state index contributed by atoms with van der Waals surface area (Å²) < 4.78 is 1.57. The molecule has 1 aliphatic rings. The molecule has 1 unspecified atom stereocenters. The molecule has 6 heteroatoms. The molecule has 3 rings (SSSR count). The Morgan fingerprint density at radius 1 is 1.32 bits per heavy atom. The molecule has 1 saturated carbocycles. The molecule has 25 heavy (non-hydrogen) atoms. The van der Waals surface area contributed by atoms with E-state index in [0.29, 0.717) is 5.69 Å². The number of carbonyl (C=O) groups excluding carboxylic acids is 1. The summed E-state index contributed by atoms with van der Waals surface area (Å²) in [6.07, 6.45) is 3.64. The van der Waals surface area contributed by atoms with Crippen LogP contribution in [0.1, 0.15) is 41.9 Å². The van der Waals surface area contributed by atoms with Crippen LogP contribution in [-0.2, 0) is 0 Å². The Labute approximate surface area is 146 Å². The number of amides is 1. The van der Waals surface area contributed by atoms with Gasteiger partial charge < -0.3 is 10.4 Å². The highest BCUT2D eigenvalue weighted by atomic mass is 16.3. The van der Waals surface area contributed by atoms with E-state index < -0.39 is 17.4 Å². The lowest BCUT2D eigenvalue weighted by molar-refractivity contribution is 0.0834. The van der Waals surface area contributed by atoms with Crippen molar-refractivity contribution in [1.29, 1.82) is 0 Å². The van der Waals surface area contributed by atoms with Crippen LogP contribution in [0, 0.1) is 12.8 Å². The fourth-order valence-electron chi connectivity index (χ4n) is 3.33. The second-order valence-corrected chi connectivity index (χ2v) is 6.57. The second-order valence-electron chi connectivity index (χ2n) is 6.57. The van der Waals surface area contributed by atoms with Gasteiger partial charge in [0.1, 0.15) is 0 Å². The van der Waals surface area contributed by atoms with Crippen molar-refractivity contribution in [2.45, 2.75) is 38.7 Å². The molecule has 1 amide bonds. The molecule has 1 atom stereocenters. The Hall–Kier alpha value is -2.47. The summed E-state index contributed by atoms with van der Waals surface area (Å²) in [5.74, 6) is -0.320. The number of hydrogen-bond donors (Lipinski definition) is 2. The third kappa shape index (κ3) is 3.96. The number of aliphatic hydroxyl groups is 1. The smallest absolute Gasteiger partial charge is 0.275 e. The van der Waals surface area contributed by atoms with Crippen LogP contribution in [0.5, 0.6) is 0 Å². The molecule has 6 nitrogen and oxygen atoms in total. The van der Waals surface area contributed by atoms with E-state index in [4.69, 9.17) is 0 Å². The summed E-state index contributed by atoms with van der Waals surface area (Å²) in [6, 6.07) is 10.7. The minimum absolute atomic E-state index is 0.143. The summed E-state index contributed by atoms with van der Waals surface area (Å²) in [4.78, 5) is 24.5. The van der Waals surface area contributed by atoms with Crippen molar-refractivity contribution in [3.05, 3.63) is 58.0 Å². The third-order valence-corrected chi connectivity index (χ3v) is 4.74. The summed E-state index contributed by atoms with van der Waals surface area (Å²) in [6.45, 7) is 1.91. The SMILES string of the molecule is Cc1cc(=O)c(C(=O)NCC(O)C2CCCC2)nn1-c1ccccc1. The molecule has 2 N–H and O–H groups in total. The minimum Gasteiger partial charge on any atom is -0.391 e. The first-order chi connectivity index (χ1) is 12.1. The van der Waals surface area contributed by atoms with Gasteiger partial charge in [-0.2, -0.15) is 5.10 Å². The van der Waals surface area contributed by atoms with Gasteiger partial charge in [-0.25, -0.2) is 4.68 Å². The maximum Gasteiger partial charge on any atom is 0.275 e.